The van der Waals surface area contributed by atoms with E-state index in [1.54, 1.807) is 11.8 Å². The van der Waals surface area contributed by atoms with Crippen LogP contribution >= 0.6 is 11.8 Å². The van der Waals surface area contributed by atoms with Gasteiger partial charge in [-0.3, -0.25) is 14.5 Å². The number of hydrogen-bond acceptors (Lipinski definition) is 5. The van der Waals surface area contributed by atoms with E-state index in [0.29, 0.717) is 0 Å². The Labute approximate surface area is 181 Å². The lowest BCUT2D eigenvalue weighted by molar-refractivity contribution is 0.214. The third-order valence-electron chi connectivity index (χ3n) is 5.60. The maximum absolute atomic E-state index is 4.60. The van der Waals surface area contributed by atoms with E-state index >= 15 is 0 Å². The van der Waals surface area contributed by atoms with Crippen molar-refractivity contribution in [2.45, 2.75) is 36.7 Å². The number of thioether (sulfide) groups is 1. The minimum Gasteiger partial charge on any atom is -0.296 e. The van der Waals surface area contributed by atoms with E-state index < -0.39 is 0 Å². The van der Waals surface area contributed by atoms with Crippen LogP contribution in [0.2, 0.25) is 0 Å². The van der Waals surface area contributed by atoms with Crippen LogP contribution in [0.25, 0.3) is 16.6 Å². The first-order valence-electron chi connectivity index (χ1n) is 10.6. The molecule has 4 aromatic rings. The van der Waals surface area contributed by atoms with Crippen LogP contribution in [-0.2, 0) is 12.3 Å². The summed E-state index contributed by atoms with van der Waals surface area (Å²) in [6.07, 6.45) is 5.74. The molecular formula is C24H25N5S. The lowest BCUT2D eigenvalue weighted by Crippen LogP contribution is -2.30. The van der Waals surface area contributed by atoms with Crippen molar-refractivity contribution >= 4 is 22.7 Å². The molecule has 152 valence electrons. The largest absolute Gasteiger partial charge is 0.296 e. The summed E-state index contributed by atoms with van der Waals surface area (Å²) < 4.78 is 2.22. The van der Waals surface area contributed by atoms with Crippen LogP contribution in [0.4, 0.5) is 0 Å². The summed E-state index contributed by atoms with van der Waals surface area (Å²) in [6, 6.07) is 20.9. The average molecular weight is 416 g/mol. The third kappa shape index (κ3) is 4.11. The Kier molecular flexibility index (Phi) is 5.77. The van der Waals surface area contributed by atoms with Gasteiger partial charge in [0.2, 0.25) is 0 Å². The van der Waals surface area contributed by atoms with E-state index in [1.165, 1.54) is 30.2 Å². The molecule has 5 nitrogen and oxygen atoms in total. The molecule has 30 heavy (non-hydrogen) atoms. The summed E-state index contributed by atoms with van der Waals surface area (Å²) in [6.45, 7) is 3.13. The van der Waals surface area contributed by atoms with Crippen LogP contribution in [0.1, 0.15) is 30.7 Å². The molecule has 0 radical (unpaired) electrons. The van der Waals surface area contributed by atoms with Gasteiger partial charge in [0, 0.05) is 23.0 Å². The molecule has 1 aliphatic rings. The van der Waals surface area contributed by atoms with E-state index in [9.17, 15) is 0 Å². The number of benzene rings is 2. The van der Waals surface area contributed by atoms with Gasteiger partial charge in [-0.2, -0.15) is 0 Å². The number of likely N-dealkylation sites (tertiary alicyclic amines) is 1. The Bertz CT molecular complexity index is 1110. The second-order valence-electron chi connectivity index (χ2n) is 7.69. The van der Waals surface area contributed by atoms with Crippen molar-refractivity contribution in [1.29, 1.82) is 0 Å². The molecule has 0 N–H and O–H groups in total. The van der Waals surface area contributed by atoms with Crippen molar-refractivity contribution in [2.24, 2.45) is 0 Å². The highest BCUT2D eigenvalue weighted by atomic mass is 32.2. The number of aromatic nitrogens is 4. The molecule has 3 heterocycles. The number of fused-ring (bicyclic) bond motifs is 1. The smallest absolute Gasteiger partial charge is 0.196 e. The van der Waals surface area contributed by atoms with Crippen LogP contribution in [0.15, 0.2) is 72.0 Å². The molecule has 2 aromatic heterocycles. The topological polar surface area (TPSA) is 46.8 Å². The van der Waals surface area contributed by atoms with Crippen molar-refractivity contribution in [3.8, 4) is 5.69 Å². The third-order valence-corrected chi connectivity index (χ3v) is 6.58. The summed E-state index contributed by atoms with van der Waals surface area (Å²) in [5.41, 5.74) is 3.40. The summed E-state index contributed by atoms with van der Waals surface area (Å²) in [7, 11) is 0. The van der Waals surface area contributed by atoms with Gasteiger partial charge in [-0.15, -0.1) is 10.2 Å². The second-order valence-corrected chi connectivity index (χ2v) is 8.63. The lowest BCUT2D eigenvalue weighted by atomic mass is 10.1. The molecular weight excluding hydrogens is 390 g/mol. The van der Waals surface area contributed by atoms with Gasteiger partial charge in [0.05, 0.1) is 12.1 Å². The van der Waals surface area contributed by atoms with Gasteiger partial charge in [0.15, 0.2) is 11.0 Å². The van der Waals surface area contributed by atoms with Crippen LogP contribution in [0, 0.1) is 0 Å². The summed E-state index contributed by atoms with van der Waals surface area (Å²) >= 11 is 1.72. The highest BCUT2D eigenvalue weighted by Gasteiger charge is 2.19. The number of hydrogen-bond donors (Lipinski definition) is 0. The second kappa shape index (κ2) is 8.98. The minimum absolute atomic E-state index is 0.809. The Morgan fingerprint density at radius 3 is 2.53 bits per heavy atom. The molecule has 1 aliphatic heterocycles. The number of para-hydroxylation sites is 2. The minimum atomic E-state index is 0.809. The molecule has 0 amide bonds. The SMILES string of the molecule is c1ccc(-n2c(CN3CCCCC3)nnc2SCc2cccc3cccnc23)cc1. The molecule has 0 aliphatic carbocycles. The summed E-state index contributed by atoms with van der Waals surface area (Å²) in [5, 5.41) is 11.3. The number of rotatable bonds is 6. The first kappa shape index (κ1) is 19.3. The van der Waals surface area contributed by atoms with Gasteiger partial charge in [-0.1, -0.05) is 60.6 Å². The van der Waals surface area contributed by atoms with E-state index in [0.717, 1.165) is 47.6 Å². The molecule has 6 heteroatoms. The van der Waals surface area contributed by atoms with Crippen LogP contribution in [0.3, 0.4) is 0 Å². The normalized spacial score (nSPS) is 14.9. The van der Waals surface area contributed by atoms with E-state index in [4.69, 9.17) is 0 Å². The zero-order valence-corrected chi connectivity index (χ0v) is 17.8. The first-order valence-corrected chi connectivity index (χ1v) is 11.5. The zero-order chi connectivity index (χ0) is 20.2. The van der Waals surface area contributed by atoms with Gasteiger partial charge in [0.1, 0.15) is 0 Å². The van der Waals surface area contributed by atoms with Crippen molar-refractivity contribution in [3.63, 3.8) is 0 Å². The standard InChI is InChI=1S/C24H25N5S/c1-3-12-21(13-4-1)29-22(17-28-15-5-2-6-16-28)26-27-24(29)30-18-20-10-7-9-19-11-8-14-25-23(19)20/h1,3-4,7-14H,2,5-6,15-18H2. The van der Waals surface area contributed by atoms with Crippen LogP contribution in [-0.4, -0.2) is 37.7 Å². The summed E-state index contributed by atoms with van der Waals surface area (Å²) in [5.74, 6) is 1.82. The molecule has 0 bridgehead atoms. The van der Waals surface area contributed by atoms with Gasteiger partial charge in [0.25, 0.3) is 0 Å². The zero-order valence-electron chi connectivity index (χ0n) is 16.9. The Morgan fingerprint density at radius 1 is 0.833 bits per heavy atom. The van der Waals surface area contributed by atoms with Gasteiger partial charge in [-0.25, -0.2) is 0 Å². The monoisotopic (exact) mass is 415 g/mol. The van der Waals surface area contributed by atoms with Crippen molar-refractivity contribution < 1.29 is 0 Å². The molecule has 1 saturated heterocycles. The number of pyridine rings is 1. The average Bonchev–Trinajstić information content (AvgIpc) is 3.21. The Hall–Kier alpha value is -2.70. The van der Waals surface area contributed by atoms with Crippen molar-refractivity contribution in [1.82, 2.24) is 24.6 Å². The fourth-order valence-electron chi connectivity index (χ4n) is 4.08. The number of piperidine rings is 1. The predicted molar refractivity (Wildman–Crippen MR) is 122 cm³/mol. The fraction of sp³-hybridized carbons (Fsp3) is 0.292. The fourth-order valence-corrected chi connectivity index (χ4v) is 5.03. The molecule has 0 unspecified atom stereocenters. The van der Waals surface area contributed by atoms with Crippen LogP contribution < -0.4 is 0 Å². The maximum atomic E-state index is 4.60. The number of nitrogens with zero attached hydrogens (tertiary/aromatic N) is 5. The van der Waals surface area contributed by atoms with Crippen LogP contribution in [0.5, 0.6) is 0 Å². The summed E-state index contributed by atoms with van der Waals surface area (Å²) in [4.78, 5) is 7.09. The molecule has 1 fully saturated rings. The van der Waals surface area contributed by atoms with E-state index in [2.05, 4.69) is 73.2 Å². The van der Waals surface area contributed by atoms with Gasteiger partial charge in [-0.05, 0) is 49.7 Å². The predicted octanol–water partition coefficient (Wildman–Crippen LogP) is 5.09. The van der Waals surface area contributed by atoms with Gasteiger partial charge < -0.3 is 0 Å². The molecule has 0 saturated carbocycles. The molecule has 5 rings (SSSR count). The molecule has 0 spiro atoms. The lowest BCUT2D eigenvalue weighted by Gasteiger charge is -2.26. The van der Waals surface area contributed by atoms with E-state index in [1.807, 2.05) is 18.3 Å². The first-order chi connectivity index (χ1) is 14.9. The Balaban J connectivity index is 1.44. The van der Waals surface area contributed by atoms with Crippen molar-refractivity contribution in [3.05, 3.63) is 78.2 Å². The highest BCUT2D eigenvalue weighted by molar-refractivity contribution is 7.98. The van der Waals surface area contributed by atoms with Crippen molar-refractivity contribution in [2.75, 3.05) is 13.1 Å². The Morgan fingerprint density at radius 2 is 1.67 bits per heavy atom. The maximum Gasteiger partial charge on any atom is 0.196 e. The molecule has 2 aromatic carbocycles. The molecule has 0 atom stereocenters. The van der Waals surface area contributed by atoms with Gasteiger partial charge >= 0.3 is 0 Å². The van der Waals surface area contributed by atoms with E-state index in [-0.39, 0.29) is 0 Å². The quantitative estimate of drug-likeness (QED) is 0.410. The highest BCUT2D eigenvalue weighted by Crippen LogP contribution is 2.28.